The van der Waals surface area contributed by atoms with Crippen LogP contribution in [0.4, 0.5) is 4.79 Å². The van der Waals surface area contributed by atoms with Crippen molar-refractivity contribution >= 4 is 18.2 Å². The van der Waals surface area contributed by atoms with Gasteiger partial charge in [-0.15, -0.1) is 0 Å². The summed E-state index contributed by atoms with van der Waals surface area (Å²) in [4.78, 5) is 24.0. The molecule has 3 aromatic carbocycles. The molecular weight excluding hydrogens is 392 g/mol. The zero-order chi connectivity index (χ0) is 21.7. The van der Waals surface area contributed by atoms with Crippen molar-refractivity contribution in [2.45, 2.75) is 12.8 Å². The van der Waals surface area contributed by atoms with Crippen molar-refractivity contribution in [2.75, 3.05) is 13.2 Å². The van der Waals surface area contributed by atoms with E-state index >= 15 is 0 Å². The van der Waals surface area contributed by atoms with Gasteiger partial charge >= 0.3 is 12.1 Å². The Morgan fingerprint density at radius 1 is 0.677 bits per heavy atom. The number of hydrogen-bond donors (Lipinski definition) is 0. The lowest BCUT2D eigenvalue weighted by molar-refractivity contribution is -0.137. The van der Waals surface area contributed by atoms with Crippen LogP contribution >= 0.6 is 0 Å². The second kappa shape index (κ2) is 12.0. The molecule has 3 rings (SSSR count). The maximum Gasteiger partial charge on any atom is 0.513 e. The van der Waals surface area contributed by atoms with Gasteiger partial charge in [-0.2, -0.15) is 0 Å². The first-order chi connectivity index (χ1) is 15.2. The molecule has 158 valence electrons. The summed E-state index contributed by atoms with van der Waals surface area (Å²) >= 11 is 0. The Balaban J connectivity index is 1.46. The number of hydrogen-bond acceptors (Lipinski definition) is 5. The van der Waals surface area contributed by atoms with E-state index in [0.717, 1.165) is 11.1 Å². The molecule has 5 heteroatoms. The molecule has 0 heterocycles. The van der Waals surface area contributed by atoms with Crippen molar-refractivity contribution in [3.63, 3.8) is 0 Å². The van der Waals surface area contributed by atoms with Crippen molar-refractivity contribution in [2.24, 2.45) is 0 Å². The van der Waals surface area contributed by atoms with E-state index in [0.29, 0.717) is 30.8 Å². The number of carbonyl (C=O) groups excluding carboxylic acids is 2. The molecule has 0 atom stereocenters. The molecule has 0 bridgehead atoms. The van der Waals surface area contributed by atoms with E-state index in [9.17, 15) is 9.59 Å². The highest BCUT2D eigenvalue weighted by molar-refractivity contribution is 5.87. The van der Waals surface area contributed by atoms with Gasteiger partial charge in [0.1, 0.15) is 5.75 Å². The predicted octanol–water partition coefficient (Wildman–Crippen LogP) is 5.24. The molecule has 0 spiro atoms. The molecule has 0 saturated heterocycles. The van der Waals surface area contributed by atoms with E-state index in [1.165, 1.54) is 6.08 Å². The summed E-state index contributed by atoms with van der Waals surface area (Å²) in [6.45, 7) is 0.508. The monoisotopic (exact) mass is 416 g/mol. The standard InChI is InChI=1S/C26H24O5/c27-25(29-19-17-21-9-3-1-4-10-21)16-15-23-13-7-8-14-24(23)31-26(28)30-20-18-22-11-5-2-6-12-22/h1-16H,17-20H2/b16-15+. The van der Waals surface area contributed by atoms with Gasteiger partial charge in [0.2, 0.25) is 0 Å². The highest BCUT2D eigenvalue weighted by Crippen LogP contribution is 2.20. The average Bonchev–Trinajstić information content (AvgIpc) is 2.80. The van der Waals surface area contributed by atoms with Crippen LogP contribution in [0.2, 0.25) is 0 Å². The van der Waals surface area contributed by atoms with Crippen molar-refractivity contribution < 1.29 is 23.8 Å². The normalized spacial score (nSPS) is 10.6. The molecule has 0 aliphatic heterocycles. The number of ether oxygens (including phenoxy) is 3. The summed E-state index contributed by atoms with van der Waals surface area (Å²) in [7, 11) is 0. The first-order valence-corrected chi connectivity index (χ1v) is 10.1. The minimum atomic E-state index is -0.790. The zero-order valence-corrected chi connectivity index (χ0v) is 17.1. The minimum Gasteiger partial charge on any atom is -0.462 e. The van der Waals surface area contributed by atoms with Crippen molar-refractivity contribution in [1.82, 2.24) is 0 Å². The van der Waals surface area contributed by atoms with Gasteiger partial charge in [-0.3, -0.25) is 0 Å². The molecule has 0 aliphatic carbocycles. The molecule has 0 unspecified atom stereocenters. The third-order valence-corrected chi connectivity index (χ3v) is 4.44. The van der Waals surface area contributed by atoms with Crippen LogP contribution in [0, 0.1) is 0 Å². The summed E-state index contributed by atoms with van der Waals surface area (Å²) in [5.41, 5.74) is 2.75. The second-order valence-electron chi connectivity index (χ2n) is 6.71. The predicted molar refractivity (Wildman–Crippen MR) is 119 cm³/mol. The molecule has 31 heavy (non-hydrogen) atoms. The fourth-order valence-electron chi connectivity index (χ4n) is 2.85. The Labute approximate surface area is 181 Å². The van der Waals surface area contributed by atoms with Crippen molar-refractivity contribution in [1.29, 1.82) is 0 Å². The Morgan fingerprint density at radius 3 is 1.87 bits per heavy atom. The SMILES string of the molecule is O=C(/C=C/c1ccccc1OC(=O)OCCc1ccccc1)OCCc1ccccc1. The molecule has 0 N–H and O–H groups in total. The number of carbonyl (C=O) groups is 2. The Hall–Kier alpha value is -3.86. The van der Waals surface area contributed by atoms with Crippen LogP contribution < -0.4 is 4.74 Å². The van der Waals surface area contributed by atoms with Crippen LogP contribution in [0.3, 0.4) is 0 Å². The van der Waals surface area contributed by atoms with E-state index in [4.69, 9.17) is 14.2 Å². The van der Waals surface area contributed by atoms with Crippen LogP contribution in [0.5, 0.6) is 5.75 Å². The lowest BCUT2D eigenvalue weighted by Crippen LogP contribution is -2.13. The summed E-state index contributed by atoms with van der Waals surface area (Å²) in [6.07, 6.45) is 3.33. The fraction of sp³-hybridized carbons (Fsp3) is 0.154. The van der Waals surface area contributed by atoms with E-state index in [-0.39, 0.29) is 6.61 Å². The van der Waals surface area contributed by atoms with E-state index < -0.39 is 12.1 Å². The topological polar surface area (TPSA) is 61.8 Å². The molecule has 0 fully saturated rings. The zero-order valence-electron chi connectivity index (χ0n) is 17.1. The minimum absolute atomic E-state index is 0.217. The van der Waals surface area contributed by atoms with Crippen molar-refractivity contribution in [3.05, 3.63) is 108 Å². The Kier molecular flexibility index (Phi) is 8.44. The van der Waals surface area contributed by atoms with Gasteiger partial charge in [-0.1, -0.05) is 78.9 Å². The Morgan fingerprint density at radius 2 is 1.23 bits per heavy atom. The number of benzene rings is 3. The molecule has 3 aromatic rings. The van der Waals surface area contributed by atoms with Crippen molar-refractivity contribution in [3.8, 4) is 5.75 Å². The molecule has 0 radical (unpaired) electrons. The maximum atomic E-state index is 12.0. The Bertz CT molecular complexity index is 997. The third kappa shape index (κ3) is 7.82. The molecule has 0 aliphatic rings. The molecule has 0 amide bonds. The maximum absolute atomic E-state index is 12.0. The second-order valence-corrected chi connectivity index (χ2v) is 6.71. The van der Waals surface area contributed by atoms with Gasteiger partial charge in [0.05, 0.1) is 13.2 Å². The van der Waals surface area contributed by atoms with E-state index in [1.807, 2.05) is 60.7 Å². The van der Waals surface area contributed by atoms with Gasteiger partial charge in [0.25, 0.3) is 0 Å². The van der Waals surface area contributed by atoms with Gasteiger partial charge in [0.15, 0.2) is 0 Å². The first kappa shape index (κ1) is 21.8. The highest BCUT2D eigenvalue weighted by Gasteiger charge is 2.09. The largest absolute Gasteiger partial charge is 0.513 e. The summed E-state index contributed by atoms with van der Waals surface area (Å²) < 4.78 is 15.7. The van der Waals surface area contributed by atoms with Crippen LogP contribution in [0.15, 0.2) is 91.0 Å². The number of esters is 1. The summed E-state index contributed by atoms with van der Waals surface area (Å²) in [6, 6.07) is 26.4. The average molecular weight is 416 g/mol. The smallest absolute Gasteiger partial charge is 0.462 e. The highest BCUT2D eigenvalue weighted by atomic mass is 16.7. The molecule has 0 saturated carbocycles. The summed E-state index contributed by atoms with van der Waals surface area (Å²) in [5, 5.41) is 0. The molecule has 0 aromatic heterocycles. The van der Waals surface area contributed by atoms with Crippen LogP contribution in [-0.2, 0) is 27.1 Å². The summed E-state index contributed by atoms with van der Waals surface area (Å²) in [5.74, 6) is -0.156. The van der Waals surface area contributed by atoms with E-state index in [1.54, 1.807) is 30.3 Å². The van der Waals surface area contributed by atoms with Gasteiger partial charge < -0.3 is 14.2 Å². The number of para-hydroxylation sites is 1. The fourth-order valence-corrected chi connectivity index (χ4v) is 2.85. The van der Waals surface area contributed by atoms with E-state index in [2.05, 4.69) is 0 Å². The van der Waals surface area contributed by atoms with Gasteiger partial charge in [-0.25, -0.2) is 9.59 Å². The van der Waals surface area contributed by atoms with Gasteiger partial charge in [-0.05, 0) is 23.3 Å². The first-order valence-electron chi connectivity index (χ1n) is 10.1. The third-order valence-electron chi connectivity index (χ3n) is 4.44. The molecular formula is C26H24O5. The quantitative estimate of drug-likeness (QED) is 0.271. The van der Waals surface area contributed by atoms with Gasteiger partial charge in [0, 0.05) is 24.5 Å². The van der Waals surface area contributed by atoms with Crippen LogP contribution in [-0.4, -0.2) is 25.3 Å². The lowest BCUT2D eigenvalue weighted by atomic mass is 10.2. The molecule has 5 nitrogen and oxygen atoms in total. The number of rotatable bonds is 9. The van der Waals surface area contributed by atoms with Crippen LogP contribution in [0.1, 0.15) is 16.7 Å². The lowest BCUT2D eigenvalue weighted by Gasteiger charge is -2.08. The van der Waals surface area contributed by atoms with Crippen LogP contribution in [0.25, 0.3) is 6.08 Å².